The average Bonchev–Trinajstić information content (AvgIpc) is 2.70. The van der Waals surface area contributed by atoms with Crippen molar-refractivity contribution in [2.75, 3.05) is 20.3 Å². The first-order valence-electron chi connectivity index (χ1n) is 7.34. The van der Waals surface area contributed by atoms with Gasteiger partial charge in [-0.3, -0.25) is 4.90 Å². The Hall–Kier alpha value is -1.07. The van der Waals surface area contributed by atoms with E-state index in [1.54, 1.807) is 7.11 Å². The third kappa shape index (κ3) is 2.83. The fourth-order valence-electron chi connectivity index (χ4n) is 2.82. The molecule has 1 atom stereocenters. The molecule has 0 amide bonds. The molecule has 1 aliphatic heterocycles. The van der Waals surface area contributed by atoms with Gasteiger partial charge in [0.2, 0.25) is 5.88 Å². The maximum absolute atomic E-state index is 5.79. The summed E-state index contributed by atoms with van der Waals surface area (Å²) in [6, 6.07) is 0. The molecule has 0 aromatic carbocycles. The highest BCUT2D eigenvalue weighted by atomic mass is 16.5. The molecule has 0 N–H and O–H groups in total. The second-order valence-electron chi connectivity index (χ2n) is 6.23. The minimum Gasteiger partial charge on any atom is -0.481 e. The maximum Gasteiger partial charge on any atom is 0.216 e. The number of nitrogens with zero attached hydrogens (tertiary/aromatic N) is 3. The minimum atomic E-state index is 0.0401. The van der Waals surface area contributed by atoms with Crippen LogP contribution in [0.2, 0.25) is 0 Å². The predicted molar refractivity (Wildman–Crippen MR) is 79.0 cm³/mol. The van der Waals surface area contributed by atoms with E-state index in [1.165, 1.54) is 5.56 Å². The van der Waals surface area contributed by atoms with Crippen molar-refractivity contribution in [3.05, 3.63) is 11.3 Å². The highest BCUT2D eigenvalue weighted by Crippen LogP contribution is 2.29. The quantitative estimate of drug-likeness (QED) is 0.846. The van der Waals surface area contributed by atoms with E-state index in [2.05, 4.69) is 37.7 Å². The molecule has 0 saturated carbocycles. The summed E-state index contributed by atoms with van der Waals surface area (Å²) in [6.07, 6.45) is 1.20. The summed E-state index contributed by atoms with van der Waals surface area (Å²) in [6.45, 7) is 11.3. The SMILES string of the molecule is CCc1nn(C)c(OC)c1CN1CC(C)OCC1(C)C. The number of rotatable bonds is 4. The third-order valence-corrected chi connectivity index (χ3v) is 4.10. The Labute approximate surface area is 121 Å². The molecule has 1 fully saturated rings. The highest BCUT2D eigenvalue weighted by molar-refractivity contribution is 5.32. The maximum atomic E-state index is 5.79. The number of morpholine rings is 1. The molecule has 2 rings (SSSR count). The lowest BCUT2D eigenvalue weighted by atomic mass is 9.99. The fourth-order valence-corrected chi connectivity index (χ4v) is 2.82. The molecular formula is C15H27N3O2. The second kappa shape index (κ2) is 5.74. The normalized spacial score (nSPS) is 23.0. The average molecular weight is 281 g/mol. The fraction of sp³-hybridized carbons (Fsp3) is 0.800. The summed E-state index contributed by atoms with van der Waals surface area (Å²) in [5.74, 6) is 0.872. The van der Waals surface area contributed by atoms with Crippen LogP contribution in [0.4, 0.5) is 0 Å². The summed E-state index contributed by atoms with van der Waals surface area (Å²) in [4.78, 5) is 2.47. The van der Waals surface area contributed by atoms with Gasteiger partial charge in [0.15, 0.2) is 0 Å². The zero-order valence-corrected chi connectivity index (χ0v) is 13.6. The molecule has 1 unspecified atom stereocenters. The van der Waals surface area contributed by atoms with Gasteiger partial charge in [0.1, 0.15) is 0 Å². The van der Waals surface area contributed by atoms with Crippen molar-refractivity contribution in [2.45, 2.75) is 52.3 Å². The van der Waals surface area contributed by atoms with Crippen molar-refractivity contribution in [2.24, 2.45) is 7.05 Å². The lowest BCUT2D eigenvalue weighted by molar-refractivity contribution is -0.0951. The molecule has 114 valence electrons. The van der Waals surface area contributed by atoms with Gasteiger partial charge in [-0.25, -0.2) is 4.68 Å². The Morgan fingerprint density at radius 3 is 2.75 bits per heavy atom. The van der Waals surface area contributed by atoms with Crippen LogP contribution in [0.1, 0.15) is 39.0 Å². The number of ether oxygens (including phenoxy) is 2. The first-order chi connectivity index (χ1) is 9.39. The Morgan fingerprint density at radius 2 is 2.15 bits per heavy atom. The Kier molecular flexibility index (Phi) is 4.39. The monoisotopic (exact) mass is 281 g/mol. The van der Waals surface area contributed by atoms with E-state index < -0.39 is 0 Å². The number of hydrogen-bond donors (Lipinski definition) is 0. The number of methoxy groups -OCH3 is 1. The van der Waals surface area contributed by atoms with Crippen LogP contribution in [-0.4, -0.2) is 46.6 Å². The minimum absolute atomic E-state index is 0.0401. The van der Waals surface area contributed by atoms with E-state index in [0.717, 1.165) is 37.7 Å². The first kappa shape index (κ1) is 15.3. The van der Waals surface area contributed by atoms with Gasteiger partial charge in [0.05, 0.1) is 31.1 Å². The van der Waals surface area contributed by atoms with E-state index in [0.29, 0.717) is 0 Å². The summed E-state index contributed by atoms with van der Waals surface area (Å²) in [7, 11) is 3.65. The molecule has 1 aliphatic rings. The lowest BCUT2D eigenvalue weighted by Gasteiger charge is -2.44. The molecule has 1 aromatic rings. The van der Waals surface area contributed by atoms with E-state index in [-0.39, 0.29) is 11.6 Å². The topological polar surface area (TPSA) is 39.5 Å². The van der Waals surface area contributed by atoms with Crippen molar-refractivity contribution in [3.8, 4) is 5.88 Å². The van der Waals surface area contributed by atoms with Crippen molar-refractivity contribution in [1.82, 2.24) is 14.7 Å². The van der Waals surface area contributed by atoms with Crippen LogP contribution in [0, 0.1) is 0 Å². The number of aryl methyl sites for hydroxylation is 2. The zero-order valence-electron chi connectivity index (χ0n) is 13.6. The van der Waals surface area contributed by atoms with Crippen molar-refractivity contribution in [3.63, 3.8) is 0 Å². The number of hydrogen-bond acceptors (Lipinski definition) is 4. The Morgan fingerprint density at radius 1 is 1.45 bits per heavy atom. The molecule has 0 bridgehead atoms. The van der Waals surface area contributed by atoms with Gasteiger partial charge in [0.25, 0.3) is 0 Å². The molecular weight excluding hydrogens is 254 g/mol. The van der Waals surface area contributed by atoms with Crippen molar-refractivity contribution < 1.29 is 9.47 Å². The predicted octanol–water partition coefficient (Wildman–Crippen LogP) is 1.99. The van der Waals surface area contributed by atoms with Crippen LogP contribution in [0.25, 0.3) is 0 Å². The molecule has 20 heavy (non-hydrogen) atoms. The van der Waals surface area contributed by atoms with E-state index >= 15 is 0 Å². The number of aromatic nitrogens is 2. The third-order valence-electron chi connectivity index (χ3n) is 4.10. The molecule has 2 heterocycles. The van der Waals surface area contributed by atoms with Gasteiger partial charge in [0, 0.05) is 25.7 Å². The van der Waals surface area contributed by atoms with E-state index in [9.17, 15) is 0 Å². The van der Waals surface area contributed by atoms with Crippen LogP contribution in [0.3, 0.4) is 0 Å². The molecule has 5 nitrogen and oxygen atoms in total. The second-order valence-corrected chi connectivity index (χ2v) is 6.23. The smallest absolute Gasteiger partial charge is 0.216 e. The molecule has 0 radical (unpaired) electrons. The van der Waals surface area contributed by atoms with Crippen LogP contribution >= 0.6 is 0 Å². The lowest BCUT2D eigenvalue weighted by Crippen LogP contribution is -2.54. The van der Waals surface area contributed by atoms with Crippen molar-refractivity contribution in [1.29, 1.82) is 0 Å². The van der Waals surface area contributed by atoms with Crippen LogP contribution in [0.15, 0.2) is 0 Å². The standard InChI is InChI=1S/C15H27N3O2/c1-7-13-12(14(19-6)17(5)16-13)9-18-8-11(2)20-10-15(18,3)4/h11H,7-10H2,1-6H3. The molecule has 5 heteroatoms. The Bertz CT molecular complexity index is 468. The van der Waals surface area contributed by atoms with Crippen LogP contribution in [-0.2, 0) is 24.8 Å². The zero-order chi connectivity index (χ0) is 14.9. The van der Waals surface area contributed by atoms with E-state index in [1.807, 2.05) is 11.7 Å². The first-order valence-corrected chi connectivity index (χ1v) is 7.34. The van der Waals surface area contributed by atoms with Gasteiger partial charge in [-0.1, -0.05) is 6.92 Å². The van der Waals surface area contributed by atoms with Gasteiger partial charge in [-0.05, 0) is 27.2 Å². The highest BCUT2D eigenvalue weighted by Gasteiger charge is 2.34. The van der Waals surface area contributed by atoms with Crippen LogP contribution in [0.5, 0.6) is 5.88 Å². The summed E-state index contributed by atoms with van der Waals surface area (Å²) in [5, 5.41) is 4.57. The molecule has 1 saturated heterocycles. The van der Waals surface area contributed by atoms with Gasteiger partial charge >= 0.3 is 0 Å². The summed E-state index contributed by atoms with van der Waals surface area (Å²) >= 11 is 0. The summed E-state index contributed by atoms with van der Waals surface area (Å²) in [5.41, 5.74) is 2.37. The van der Waals surface area contributed by atoms with Gasteiger partial charge in [-0.15, -0.1) is 0 Å². The molecule has 0 aliphatic carbocycles. The summed E-state index contributed by atoms with van der Waals surface area (Å²) < 4.78 is 13.2. The van der Waals surface area contributed by atoms with Crippen LogP contribution < -0.4 is 4.74 Å². The largest absolute Gasteiger partial charge is 0.481 e. The van der Waals surface area contributed by atoms with E-state index in [4.69, 9.17) is 9.47 Å². The van der Waals surface area contributed by atoms with Gasteiger partial charge < -0.3 is 9.47 Å². The molecule has 1 aromatic heterocycles. The van der Waals surface area contributed by atoms with Crippen molar-refractivity contribution >= 4 is 0 Å². The molecule has 0 spiro atoms. The van der Waals surface area contributed by atoms with Gasteiger partial charge in [-0.2, -0.15) is 5.10 Å². The Balaban J connectivity index is 2.28.